The first kappa shape index (κ1) is 15.8. The quantitative estimate of drug-likeness (QED) is 0.738. The van der Waals surface area contributed by atoms with E-state index in [2.05, 4.69) is 15.3 Å². The highest BCUT2D eigenvalue weighted by Gasteiger charge is 2.24. The Balaban J connectivity index is 1.87. The third kappa shape index (κ3) is 3.32. The Labute approximate surface area is 135 Å². The molecule has 2 aromatic rings. The summed E-state index contributed by atoms with van der Waals surface area (Å²) in [6.45, 7) is 2.40. The Kier molecular flexibility index (Phi) is 4.81. The number of aromatic amines is 1. The monoisotopic (exact) mass is 317 g/mol. The largest absolute Gasteiger partial charge is 0.462 e. The first-order valence-corrected chi connectivity index (χ1v) is 8.23. The predicted molar refractivity (Wildman–Crippen MR) is 88.5 cm³/mol. The molecule has 6 heteroatoms. The Bertz CT molecular complexity index is 675. The van der Waals surface area contributed by atoms with Crippen molar-refractivity contribution in [2.24, 2.45) is 5.92 Å². The zero-order valence-corrected chi connectivity index (χ0v) is 13.3. The second-order valence-corrected chi connectivity index (χ2v) is 6.05. The van der Waals surface area contributed by atoms with Crippen LogP contribution in [-0.4, -0.2) is 40.3 Å². The lowest BCUT2D eigenvalue weighted by Gasteiger charge is -2.29. The number of aliphatic hydroxyl groups is 1. The van der Waals surface area contributed by atoms with Crippen LogP contribution in [0.1, 0.15) is 43.0 Å². The van der Waals surface area contributed by atoms with Crippen molar-refractivity contribution in [3.05, 3.63) is 24.0 Å². The molecule has 0 spiro atoms. The minimum Gasteiger partial charge on any atom is -0.462 e. The smallest absolute Gasteiger partial charge is 0.341 e. The average molecular weight is 317 g/mol. The average Bonchev–Trinajstić information content (AvgIpc) is 3.05. The molecule has 0 aliphatic heterocycles. The highest BCUT2D eigenvalue weighted by Crippen LogP contribution is 2.31. The fourth-order valence-electron chi connectivity index (χ4n) is 3.22. The predicted octanol–water partition coefficient (Wildman–Crippen LogP) is 2.70. The number of aliphatic hydroxyl groups excluding tert-OH is 1. The van der Waals surface area contributed by atoms with Crippen molar-refractivity contribution in [3.8, 4) is 0 Å². The summed E-state index contributed by atoms with van der Waals surface area (Å²) in [5, 5.41) is 13.7. The molecule has 1 saturated carbocycles. The molecule has 0 unspecified atom stereocenters. The van der Waals surface area contributed by atoms with Crippen molar-refractivity contribution in [2.45, 2.75) is 38.6 Å². The van der Waals surface area contributed by atoms with Crippen molar-refractivity contribution >= 4 is 22.7 Å². The van der Waals surface area contributed by atoms with Crippen LogP contribution in [0.4, 0.5) is 5.69 Å². The van der Waals surface area contributed by atoms with E-state index in [0.717, 1.165) is 42.4 Å². The van der Waals surface area contributed by atoms with Crippen molar-refractivity contribution in [1.29, 1.82) is 0 Å². The van der Waals surface area contributed by atoms with Crippen LogP contribution in [0.3, 0.4) is 0 Å². The number of nitrogens with zero attached hydrogens (tertiary/aromatic N) is 1. The van der Waals surface area contributed by atoms with Gasteiger partial charge in [-0.15, -0.1) is 0 Å². The van der Waals surface area contributed by atoms with Crippen LogP contribution in [-0.2, 0) is 4.74 Å². The van der Waals surface area contributed by atoms with Gasteiger partial charge >= 0.3 is 5.97 Å². The molecule has 23 heavy (non-hydrogen) atoms. The van der Waals surface area contributed by atoms with Gasteiger partial charge in [-0.2, -0.15) is 0 Å². The van der Waals surface area contributed by atoms with Gasteiger partial charge in [0.1, 0.15) is 11.2 Å². The van der Waals surface area contributed by atoms with Crippen molar-refractivity contribution in [2.75, 3.05) is 18.5 Å². The molecule has 2 heterocycles. The first-order chi connectivity index (χ1) is 11.2. The minimum atomic E-state index is -0.352. The topological polar surface area (TPSA) is 87.2 Å². The van der Waals surface area contributed by atoms with E-state index >= 15 is 0 Å². The van der Waals surface area contributed by atoms with Crippen molar-refractivity contribution in [1.82, 2.24) is 9.97 Å². The lowest BCUT2D eigenvalue weighted by molar-refractivity contribution is 0.0527. The number of aromatic nitrogens is 2. The van der Waals surface area contributed by atoms with E-state index in [9.17, 15) is 9.90 Å². The molecule has 0 atom stereocenters. The first-order valence-electron chi connectivity index (χ1n) is 8.23. The molecule has 3 N–H and O–H groups in total. The van der Waals surface area contributed by atoms with E-state index in [1.54, 1.807) is 13.1 Å². The molecule has 3 rings (SSSR count). The maximum atomic E-state index is 12.2. The Morgan fingerprint density at radius 3 is 2.91 bits per heavy atom. The molecular formula is C17H23N3O3. The fourth-order valence-corrected chi connectivity index (χ4v) is 3.22. The zero-order chi connectivity index (χ0) is 16.2. The fraction of sp³-hybridized carbons (Fsp3) is 0.529. The Morgan fingerprint density at radius 1 is 1.43 bits per heavy atom. The second kappa shape index (κ2) is 7.00. The van der Waals surface area contributed by atoms with Crippen LogP contribution >= 0.6 is 0 Å². The summed E-state index contributed by atoms with van der Waals surface area (Å²) in [7, 11) is 0. The SMILES string of the molecule is CCOC(=O)c1cnc2[nH]ccc2c1N[C@H]1CC[C@H](CO)CC1. The molecule has 0 saturated heterocycles. The van der Waals surface area contributed by atoms with Gasteiger partial charge in [0.2, 0.25) is 0 Å². The molecule has 124 valence electrons. The van der Waals surface area contributed by atoms with Gasteiger partial charge in [0, 0.05) is 30.4 Å². The van der Waals surface area contributed by atoms with Gasteiger partial charge in [0.15, 0.2) is 0 Å². The van der Waals surface area contributed by atoms with E-state index < -0.39 is 0 Å². The third-order valence-electron chi connectivity index (χ3n) is 4.54. The number of fused-ring (bicyclic) bond motifs is 1. The Hall–Kier alpha value is -2.08. The van der Waals surface area contributed by atoms with Crippen LogP contribution < -0.4 is 5.32 Å². The van der Waals surface area contributed by atoms with Crippen molar-refractivity contribution in [3.63, 3.8) is 0 Å². The summed E-state index contributed by atoms with van der Waals surface area (Å²) >= 11 is 0. The number of hydrogen-bond donors (Lipinski definition) is 3. The lowest BCUT2D eigenvalue weighted by Crippen LogP contribution is -2.28. The lowest BCUT2D eigenvalue weighted by atomic mass is 9.86. The molecule has 0 amide bonds. The van der Waals surface area contributed by atoms with Crippen LogP contribution in [0.2, 0.25) is 0 Å². The summed E-state index contributed by atoms with van der Waals surface area (Å²) < 4.78 is 5.16. The summed E-state index contributed by atoms with van der Waals surface area (Å²) in [6, 6.07) is 2.22. The number of nitrogens with one attached hydrogen (secondary N) is 2. The van der Waals surface area contributed by atoms with Gasteiger partial charge in [-0.3, -0.25) is 0 Å². The molecule has 0 radical (unpaired) electrons. The van der Waals surface area contributed by atoms with E-state index in [4.69, 9.17) is 4.74 Å². The van der Waals surface area contributed by atoms with Crippen LogP contribution in [0.25, 0.3) is 11.0 Å². The standard InChI is InChI=1S/C17H23N3O3/c1-2-23-17(22)14-9-19-16-13(7-8-18-16)15(14)20-12-5-3-11(10-21)4-6-12/h7-9,11-12,21H,2-6,10H2,1H3,(H2,18,19,20)/t11-,12-. The number of ether oxygens (including phenoxy) is 1. The molecule has 1 aliphatic rings. The van der Waals surface area contributed by atoms with E-state index in [1.807, 2.05) is 12.3 Å². The number of H-pyrrole nitrogens is 1. The third-order valence-corrected chi connectivity index (χ3v) is 4.54. The van der Waals surface area contributed by atoms with Gasteiger partial charge in [0.25, 0.3) is 0 Å². The van der Waals surface area contributed by atoms with E-state index in [1.165, 1.54) is 0 Å². The summed E-state index contributed by atoms with van der Waals surface area (Å²) in [5.41, 5.74) is 2.02. The highest BCUT2D eigenvalue weighted by atomic mass is 16.5. The number of rotatable bonds is 5. The van der Waals surface area contributed by atoms with Gasteiger partial charge in [0.05, 0.1) is 12.3 Å². The number of esters is 1. The molecule has 0 aromatic carbocycles. The molecular weight excluding hydrogens is 294 g/mol. The van der Waals surface area contributed by atoms with Gasteiger partial charge in [-0.25, -0.2) is 9.78 Å². The van der Waals surface area contributed by atoms with Gasteiger partial charge in [-0.05, 0) is 44.6 Å². The minimum absolute atomic E-state index is 0.262. The molecule has 6 nitrogen and oxygen atoms in total. The second-order valence-electron chi connectivity index (χ2n) is 6.05. The molecule has 1 aliphatic carbocycles. The number of pyridine rings is 1. The normalized spacial score (nSPS) is 21.3. The zero-order valence-electron chi connectivity index (χ0n) is 13.3. The number of carbonyl (C=O) groups excluding carboxylic acids is 1. The maximum Gasteiger partial charge on any atom is 0.341 e. The Morgan fingerprint density at radius 2 is 2.22 bits per heavy atom. The number of hydrogen-bond acceptors (Lipinski definition) is 5. The van der Waals surface area contributed by atoms with Gasteiger partial charge < -0.3 is 20.1 Å². The maximum absolute atomic E-state index is 12.2. The van der Waals surface area contributed by atoms with Crippen LogP contribution in [0.5, 0.6) is 0 Å². The molecule has 0 bridgehead atoms. The van der Waals surface area contributed by atoms with Gasteiger partial charge in [-0.1, -0.05) is 0 Å². The van der Waals surface area contributed by atoms with Crippen molar-refractivity contribution < 1.29 is 14.6 Å². The van der Waals surface area contributed by atoms with Crippen LogP contribution in [0, 0.1) is 5.92 Å². The van der Waals surface area contributed by atoms with E-state index in [-0.39, 0.29) is 12.6 Å². The summed E-state index contributed by atoms with van der Waals surface area (Å²) in [5.74, 6) is 0.0527. The highest BCUT2D eigenvalue weighted by molar-refractivity contribution is 6.04. The summed E-state index contributed by atoms with van der Waals surface area (Å²) in [4.78, 5) is 19.6. The van der Waals surface area contributed by atoms with E-state index in [0.29, 0.717) is 24.1 Å². The number of carbonyl (C=O) groups is 1. The number of anilines is 1. The summed E-state index contributed by atoms with van der Waals surface area (Å²) in [6.07, 6.45) is 7.37. The molecule has 2 aromatic heterocycles. The van der Waals surface area contributed by atoms with Crippen LogP contribution in [0.15, 0.2) is 18.5 Å². The molecule has 1 fully saturated rings.